The zero-order chi connectivity index (χ0) is 14.1. The van der Waals surface area contributed by atoms with Crippen molar-refractivity contribution in [1.29, 1.82) is 0 Å². The average Bonchev–Trinajstić information content (AvgIpc) is 2.86. The monoisotopic (exact) mass is 268 g/mol. The summed E-state index contributed by atoms with van der Waals surface area (Å²) in [5.74, 6) is -1.01. The molecule has 3 aromatic heterocycles. The largest absolute Gasteiger partial charge is 0.477 e. The molecule has 0 unspecified atom stereocenters. The van der Waals surface area contributed by atoms with Crippen molar-refractivity contribution in [3.8, 4) is 11.3 Å². The predicted molar refractivity (Wildman–Crippen MR) is 72.6 cm³/mol. The summed E-state index contributed by atoms with van der Waals surface area (Å²) in [5, 5.41) is 13.7. The molecule has 1 N–H and O–H groups in total. The molecule has 3 heterocycles. The molecule has 100 valence electrons. The van der Waals surface area contributed by atoms with Gasteiger partial charge in [-0.1, -0.05) is 6.92 Å². The standard InChI is InChI=1S/C14H12N4O2/c1-2-10-12(14(19)20)13-16-7-5-11(18(13)17-10)9-4-3-6-15-8-9/h3-8H,2H2,1H3,(H,19,20). The van der Waals surface area contributed by atoms with Crippen LogP contribution in [0.1, 0.15) is 23.0 Å². The first-order chi connectivity index (χ1) is 9.72. The van der Waals surface area contributed by atoms with E-state index in [2.05, 4.69) is 15.1 Å². The van der Waals surface area contributed by atoms with Crippen molar-refractivity contribution in [1.82, 2.24) is 19.6 Å². The minimum atomic E-state index is -1.01. The third kappa shape index (κ3) is 1.82. The first-order valence-corrected chi connectivity index (χ1v) is 6.22. The third-order valence-electron chi connectivity index (χ3n) is 3.10. The van der Waals surface area contributed by atoms with E-state index in [0.717, 1.165) is 11.3 Å². The molecule has 6 nitrogen and oxygen atoms in total. The van der Waals surface area contributed by atoms with Crippen LogP contribution in [-0.2, 0) is 6.42 Å². The van der Waals surface area contributed by atoms with Crippen LogP contribution in [0.3, 0.4) is 0 Å². The SMILES string of the molecule is CCc1nn2c(-c3cccnc3)ccnc2c1C(=O)O. The topological polar surface area (TPSA) is 80.4 Å². The molecule has 0 aliphatic carbocycles. The third-order valence-corrected chi connectivity index (χ3v) is 3.10. The lowest BCUT2D eigenvalue weighted by Gasteiger charge is -2.03. The highest BCUT2D eigenvalue weighted by molar-refractivity contribution is 5.96. The van der Waals surface area contributed by atoms with E-state index in [1.165, 1.54) is 0 Å². The molecule has 0 atom stereocenters. The van der Waals surface area contributed by atoms with E-state index >= 15 is 0 Å². The Labute approximate surface area is 114 Å². The molecule has 0 fully saturated rings. The molecule has 0 radical (unpaired) electrons. The molecule has 3 aromatic rings. The normalized spacial score (nSPS) is 10.8. The second-order valence-electron chi connectivity index (χ2n) is 4.29. The molecule has 0 aliphatic heterocycles. The zero-order valence-electron chi connectivity index (χ0n) is 10.8. The highest BCUT2D eigenvalue weighted by atomic mass is 16.4. The summed E-state index contributed by atoms with van der Waals surface area (Å²) in [6.07, 6.45) is 5.52. The second kappa shape index (κ2) is 4.73. The number of rotatable bonds is 3. The van der Waals surface area contributed by atoms with E-state index in [-0.39, 0.29) is 5.56 Å². The van der Waals surface area contributed by atoms with Crippen LogP contribution < -0.4 is 0 Å². The van der Waals surface area contributed by atoms with Gasteiger partial charge in [-0.25, -0.2) is 14.3 Å². The Morgan fingerprint density at radius 2 is 2.20 bits per heavy atom. The van der Waals surface area contributed by atoms with Crippen LogP contribution in [0.25, 0.3) is 16.9 Å². The van der Waals surface area contributed by atoms with Crippen molar-refractivity contribution >= 4 is 11.6 Å². The number of carboxylic acids is 1. The van der Waals surface area contributed by atoms with Crippen molar-refractivity contribution in [3.63, 3.8) is 0 Å². The lowest BCUT2D eigenvalue weighted by molar-refractivity contribution is 0.0697. The lowest BCUT2D eigenvalue weighted by Crippen LogP contribution is -2.01. The van der Waals surface area contributed by atoms with Crippen LogP contribution >= 0.6 is 0 Å². The van der Waals surface area contributed by atoms with Crippen molar-refractivity contribution < 1.29 is 9.90 Å². The number of pyridine rings is 1. The summed E-state index contributed by atoms with van der Waals surface area (Å²) < 4.78 is 1.57. The molecule has 0 spiro atoms. The number of hydrogen-bond donors (Lipinski definition) is 1. The van der Waals surface area contributed by atoms with E-state index in [9.17, 15) is 9.90 Å². The number of nitrogens with zero attached hydrogens (tertiary/aromatic N) is 4. The molecule has 0 bridgehead atoms. The number of carboxylic acid groups (broad SMARTS) is 1. The summed E-state index contributed by atoms with van der Waals surface area (Å²) in [7, 11) is 0. The molecule has 20 heavy (non-hydrogen) atoms. The van der Waals surface area contributed by atoms with Gasteiger partial charge < -0.3 is 5.11 Å². The Morgan fingerprint density at radius 3 is 2.85 bits per heavy atom. The van der Waals surface area contributed by atoms with Crippen LogP contribution in [0.4, 0.5) is 0 Å². The first kappa shape index (κ1) is 12.3. The number of aromatic nitrogens is 4. The van der Waals surface area contributed by atoms with Gasteiger partial charge in [0.15, 0.2) is 5.65 Å². The summed E-state index contributed by atoms with van der Waals surface area (Å²) in [5.41, 5.74) is 2.68. The van der Waals surface area contributed by atoms with Crippen LogP contribution in [0, 0.1) is 0 Å². The van der Waals surface area contributed by atoms with Crippen molar-refractivity contribution in [2.45, 2.75) is 13.3 Å². The van der Waals surface area contributed by atoms with Gasteiger partial charge in [-0.3, -0.25) is 4.98 Å². The highest BCUT2D eigenvalue weighted by Gasteiger charge is 2.20. The van der Waals surface area contributed by atoms with E-state index in [1.54, 1.807) is 29.2 Å². The van der Waals surface area contributed by atoms with Gasteiger partial charge in [0.05, 0.1) is 11.4 Å². The van der Waals surface area contributed by atoms with Crippen LogP contribution in [0.5, 0.6) is 0 Å². The Hall–Kier alpha value is -2.76. The van der Waals surface area contributed by atoms with Crippen LogP contribution in [0.2, 0.25) is 0 Å². The van der Waals surface area contributed by atoms with Gasteiger partial charge in [-0.05, 0) is 24.6 Å². The minimum Gasteiger partial charge on any atom is -0.477 e. The molecule has 0 aromatic carbocycles. The number of aromatic carboxylic acids is 1. The van der Waals surface area contributed by atoms with Crippen molar-refractivity contribution in [2.24, 2.45) is 0 Å². The van der Waals surface area contributed by atoms with Gasteiger partial charge in [0.2, 0.25) is 0 Å². The first-order valence-electron chi connectivity index (χ1n) is 6.22. The van der Waals surface area contributed by atoms with Crippen LogP contribution in [0.15, 0.2) is 36.8 Å². The molecular weight excluding hydrogens is 256 g/mol. The highest BCUT2D eigenvalue weighted by Crippen LogP contribution is 2.22. The number of aryl methyl sites for hydroxylation is 1. The Kier molecular flexibility index (Phi) is 2.90. The van der Waals surface area contributed by atoms with Gasteiger partial charge in [0, 0.05) is 24.2 Å². The predicted octanol–water partition coefficient (Wildman–Crippen LogP) is 2.05. The summed E-state index contributed by atoms with van der Waals surface area (Å²) in [6, 6.07) is 5.52. The van der Waals surface area contributed by atoms with Gasteiger partial charge in [-0.15, -0.1) is 0 Å². The Morgan fingerprint density at radius 1 is 1.35 bits per heavy atom. The fraction of sp³-hybridized carbons (Fsp3) is 0.143. The smallest absolute Gasteiger partial charge is 0.341 e. The van der Waals surface area contributed by atoms with E-state index in [1.807, 2.05) is 19.1 Å². The van der Waals surface area contributed by atoms with Gasteiger partial charge in [0.1, 0.15) is 5.56 Å². The molecule has 0 saturated heterocycles. The summed E-state index contributed by atoms with van der Waals surface area (Å²) >= 11 is 0. The summed E-state index contributed by atoms with van der Waals surface area (Å²) in [4.78, 5) is 19.6. The quantitative estimate of drug-likeness (QED) is 0.786. The molecule has 0 aliphatic rings. The number of hydrogen-bond acceptors (Lipinski definition) is 4. The molecule has 0 amide bonds. The maximum atomic E-state index is 11.4. The van der Waals surface area contributed by atoms with Crippen molar-refractivity contribution in [2.75, 3.05) is 0 Å². The zero-order valence-corrected chi connectivity index (χ0v) is 10.8. The molecule has 0 saturated carbocycles. The van der Waals surface area contributed by atoms with Crippen LogP contribution in [-0.4, -0.2) is 30.7 Å². The fourth-order valence-electron chi connectivity index (χ4n) is 2.19. The van der Waals surface area contributed by atoms with Gasteiger partial charge in [-0.2, -0.15) is 5.10 Å². The van der Waals surface area contributed by atoms with Crippen molar-refractivity contribution in [3.05, 3.63) is 48.0 Å². The molecule has 6 heteroatoms. The average molecular weight is 268 g/mol. The lowest BCUT2D eigenvalue weighted by atomic mass is 10.2. The number of carbonyl (C=O) groups is 1. The Balaban J connectivity index is 2.34. The fourth-order valence-corrected chi connectivity index (χ4v) is 2.19. The van der Waals surface area contributed by atoms with E-state index in [4.69, 9.17) is 0 Å². The van der Waals surface area contributed by atoms with E-state index in [0.29, 0.717) is 17.8 Å². The Bertz CT molecular complexity index is 780. The minimum absolute atomic E-state index is 0.165. The summed E-state index contributed by atoms with van der Waals surface area (Å²) in [6.45, 7) is 1.87. The maximum Gasteiger partial charge on any atom is 0.341 e. The number of fused-ring (bicyclic) bond motifs is 1. The van der Waals surface area contributed by atoms with Gasteiger partial charge >= 0.3 is 5.97 Å². The van der Waals surface area contributed by atoms with Gasteiger partial charge in [0.25, 0.3) is 0 Å². The molecule has 3 rings (SSSR count). The molecular formula is C14H12N4O2. The van der Waals surface area contributed by atoms with E-state index < -0.39 is 5.97 Å². The second-order valence-corrected chi connectivity index (χ2v) is 4.29. The maximum absolute atomic E-state index is 11.4.